The molecule has 1 aliphatic rings. The number of carbonyl (C=O) groups excluding carboxylic acids is 1. The fraction of sp³-hybridized carbons (Fsp3) is 0.941. The normalized spacial score (nSPS) is 19.3. The van der Waals surface area contributed by atoms with E-state index in [0.29, 0.717) is 18.0 Å². The van der Waals surface area contributed by atoms with E-state index in [1.165, 1.54) is 44.9 Å². The summed E-state index contributed by atoms with van der Waals surface area (Å²) in [6.07, 6.45) is 10.6. The molecule has 0 aliphatic carbocycles. The van der Waals surface area contributed by atoms with Gasteiger partial charge in [-0.1, -0.05) is 39.0 Å². The fourth-order valence-corrected chi connectivity index (χ4v) is 2.94. The Morgan fingerprint density at radius 1 is 1.20 bits per heavy atom. The van der Waals surface area contributed by atoms with Gasteiger partial charge in [0.05, 0.1) is 0 Å². The Morgan fingerprint density at radius 3 is 2.55 bits per heavy atom. The van der Waals surface area contributed by atoms with Gasteiger partial charge in [-0.15, -0.1) is 0 Å². The van der Waals surface area contributed by atoms with Crippen molar-refractivity contribution in [1.29, 1.82) is 0 Å². The number of piperidine rings is 1. The Hall–Kier alpha value is -0.570. The SMILES string of the molecule is CCCCCCCC(=O)N(CC1CCCCN1)C(C)C. The van der Waals surface area contributed by atoms with Crippen LogP contribution >= 0.6 is 0 Å². The second-order valence-electron chi connectivity index (χ2n) is 6.45. The summed E-state index contributed by atoms with van der Waals surface area (Å²) in [7, 11) is 0. The third-order valence-electron chi connectivity index (χ3n) is 4.27. The van der Waals surface area contributed by atoms with E-state index in [1.54, 1.807) is 0 Å². The van der Waals surface area contributed by atoms with E-state index in [2.05, 4.69) is 31.0 Å². The van der Waals surface area contributed by atoms with Gasteiger partial charge in [-0.05, 0) is 39.7 Å². The molecule has 20 heavy (non-hydrogen) atoms. The standard InChI is InChI=1S/C17H34N2O/c1-4-5-6-7-8-12-17(20)19(15(2)3)14-16-11-9-10-13-18-16/h15-16,18H,4-14H2,1-3H3. The van der Waals surface area contributed by atoms with Crippen molar-refractivity contribution in [2.24, 2.45) is 0 Å². The third-order valence-corrected chi connectivity index (χ3v) is 4.27. The minimum absolute atomic E-state index is 0.321. The molecule has 1 amide bonds. The quantitative estimate of drug-likeness (QED) is 0.654. The van der Waals surface area contributed by atoms with E-state index in [1.807, 2.05) is 0 Å². The zero-order valence-corrected chi connectivity index (χ0v) is 13.8. The highest BCUT2D eigenvalue weighted by Crippen LogP contribution is 2.13. The zero-order valence-electron chi connectivity index (χ0n) is 13.8. The monoisotopic (exact) mass is 282 g/mol. The molecule has 118 valence electrons. The van der Waals surface area contributed by atoms with Gasteiger partial charge < -0.3 is 10.2 Å². The van der Waals surface area contributed by atoms with Gasteiger partial charge in [0, 0.05) is 25.0 Å². The first-order chi connectivity index (χ1) is 9.65. The van der Waals surface area contributed by atoms with E-state index < -0.39 is 0 Å². The molecule has 1 saturated heterocycles. The fourth-order valence-electron chi connectivity index (χ4n) is 2.94. The molecule has 3 heteroatoms. The Kier molecular flexibility index (Phi) is 8.92. The van der Waals surface area contributed by atoms with Crippen LogP contribution in [0.2, 0.25) is 0 Å². The van der Waals surface area contributed by atoms with Gasteiger partial charge >= 0.3 is 0 Å². The molecule has 3 nitrogen and oxygen atoms in total. The van der Waals surface area contributed by atoms with Crippen LogP contribution < -0.4 is 5.32 Å². The molecular weight excluding hydrogens is 248 g/mol. The molecule has 0 aromatic rings. The minimum atomic E-state index is 0.321. The summed E-state index contributed by atoms with van der Waals surface area (Å²) < 4.78 is 0. The summed E-state index contributed by atoms with van der Waals surface area (Å²) in [6, 6.07) is 0.831. The van der Waals surface area contributed by atoms with Crippen LogP contribution in [0.25, 0.3) is 0 Å². The second kappa shape index (κ2) is 10.2. The maximum absolute atomic E-state index is 12.4. The van der Waals surface area contributed by atoms with Gasteiger partial charge in [-0.25, -0.2) is 0 Å². The zero-order chi connectivity index (χ0) is 14.8. The number of hydrogen-bond donors (Lipinski definition) is 1. The summed E-state index contributed by atoms with van der Waals surface area (Å²) in [5.41, 5.74) is 0. The minimum Gasteiger partial charge on any atom is -0.339 e. The molecule has 1 heterocycles. The highest BCUT2D eigenvalue weighted by atomic mass is 16.2. The predicted molar refractivity (Wildman–Crippen MR) is 85.9 cm³/mol. The molecule has 1 unspecified atom stereocenters. The van der Waals surface area contributed by atoms with Crippen molar-refractivity contribution in [2.45, 2.75) is 90.6 Å². The van der Waals surface area contributed by atoms with E-state index in [9.17, 15) is 4.79 Å². The van der Waals surface area contributed by atoms with Crippen molar-refractivity contribution in [2.75, 3.05) is 13.1 Å². The van der Waals surface area contributed by atoms with Crippen LogP contribution in [0.15, 0.2) is 0 Å². The van der Waals surface area contributed by atoms with Crippen molar-refractivity contribution in [3.63, 3.8) is 0 Å². The number of rotatable bonds is 9. The van der Waals surface area contributed by atoms with Gasteiger partial charge in [0.15, 0.2) is 0 Å². The first kappa shape index (κ1) is 17.5. The molecule has 1 atom stereocenters. The number of hydrogen-bond acceptors (Lipinski definition) is 2. The van der Waals surface area contributed by atoms with Crippen LogP contribution in [-0.2, 0) is 4.79 Å². The van der Waals surface area contributed by atoms with E-state index in [4.69, 9.17) is 0 Å². The van der Waals surface area contributed by atoms with Crippen LogP contribution in [0.4, 0.5) is 0 Å². The van der Waals surface area contributed by atoms with Crippen LogP contribution in [0, 0.1) is 0 Å². The maximum Gasteiger partial charge on any atom is 0.222 e. The summed E-state index contributed by atoms with van der Waals surface area (Å²) in [5.74, 6) is 0.351. The third kappa shape index (κ3) is 6.74. The van der Waals surface area contributed by atoms with Gasteiger partial charge in [-0.3, -0.25) is 4.79 Å². The molecule has 0 aromatic carbocycles. The first-order valence-electron chi connectivity index (χ1n) is 8.68. The van der Waals surface area contributed by atoms with Crippen LogP contribution in [0.3, 0.4) is 0 Å². The molecule has 1 N–H and O–H groups in total. The summed E-state index contributed by atoms with van der Waals surface area (Å²) >= 11 is 0. The van der Waals surface area contributed by atoms with Gasteiger partial charge in [0.1, 0.15) is 0 Å². The molecule has 0 bridgehead atoms. The lowest BCUT2D eigenvalue weighted by Gasteiger charge is -2.33. The Morgan fingerprint density at radius 2 is 1.95 bits per heavy atom. The number of carbonyl (C=O) groups is 1. The van der Waals surface area contributed by atoms with Crippen LogP contribution in [0.5, 0.6) is 0 Å². The van der Waals surface area contributed by atoms with Crippen LogP contribution in [-0.4, -0.2) is 36.0 Å². The van der Waals surface area contributed by atoms with Gasteiger partial charge in [0.25, 0.3) is 0 Å². The lowest BCUT2D eigenvalue weighted by atomic mass is 10.0. The molecule has 1 aliphatic heterocycles. The van der Waals surface area contributed by atoms with E-state index in [-0.39, 0.29) is 0 Å². The number of nitrogens with zero attached hydrogens (tertiary/aromatic N) is 1. The number of amides is 1. The summed E-state index contributed by atoms with van der Waals surface area (Å²) in [6.45, 7) is 8.51. The smallest absolute Gasteiger partial charge is 0.222 e. The largest absolute Gasteiger partial charge is 0.339 e. The molecule has 0 aromatic heterocycles. The Bertz CT molecular complexity index is 260. The first-order valence-corrected chi connectivity index (χ1v) is 8.68. The second-order valence-corrected chi connectivity index (χ2v) is 6.45. The molecular formula is C17H34N2O. The van der Waals surface area contributed by atoms with E-state index >= 15 is 0 Å². The number of nitrogens with one attached hydrogen (secondary N) is 1. The Labute approximate surface area is 125 Å². The summed E-state index contributed by atoms with van der Waals surface area (Å²) in [5, 5.41) is 3.55. The Balaban J connectivity index is 2.30. The topological polar surface area (TPSA) is 32.3 Å². The molecule has 0 radical (unpaired) electrons. The highest BCUT2D eigenvalue weighted by molar-refractivity contribution is 5.76. The average Bonchev–Trinajstić information content (AvgIpc) is 2.45. The molecule has 1 rings (SSSR count). The summed E-state index contributed by atoms with van der Waals surface area (Å²) in [4.78, 5) is 14.5. The lowest BCUT2D eigenvalue weighted by Crippen LogP contribution is -2.48. The van der Waals surface area contributed by atoms with E-state index in [0.717, 1.165) is 25.9 Å². The molecule has 1 fully saturated rings. The average molecular weight is 282 g/mol. The highest BCUT2D eigenvalue weighted by Gasteiger charge is 2.22. The lowest BCUT2D eigenvalue weighted by molar-refractivity contribution is -0.133. The van der Waals surface area contributed by atoms with Gasteiger partial charge in [-0.2, -0.15) is 0 Å². The van der Waals surface area contributed by atoms with Crippen molar-refractivity contribution in [1.82, 2.24) is 10.2 Å². The van der Waals surface area contributed by atoms with Gasteiger partial charge in [0.2, 0.25) is 5.91 Å². The van der Waals surface area contributed by atoms with Crippen molar-refractivity contribution < 1.29 is 4.79 Å². The molecule has 0 spiro atoms. The maximum atomic E-state index is 12.4. The number of unbranched alkanes of at least 4 members (excludes halogenated alkanes) is 4. The van der Waals surface area contributed by atoms with Crippen molar-refractivity contribution in [3.05, 3.63) is 0 Å². The van der Waals surface area contributed by atoms with Crippen molar-refractivity contribution in [3.8, 4) is 0 Å². The van der Waals surface area contributed by atoms with Crippen molar-refractivity contribution >= 4 is 5.91 Å². The predicted octanol–water partition coefficient (Wildman–Crippen LogP) is 3.73. The molecule has 0 saturated carbocycles. The van der Waals surface area contributed by atoms with Crippen LogP contribution in [0.1, 0.15) is 78.6 Å².